The third-order valence-corrected chi connectivity index (χ3v) is 5.54. The summed E-state index contributed by atoms with van der Waals surface area (Å²) in [6, 6.07) is 16.2. The molecule has 5 rings (SSSR count). The zero-order valence-corrected chi connectivity index (χ0v) is 15.8. The third kappa shape index (κ3) is 2.65. The first-order valence-corrected chi connectivity index (χ1v) is 9.54. The number of pyridine rings is 1. The minimum absolute atomic E-state index is 0.737. The minimum atomic E-state index is 0.737. The van der Waals surface area contributed by atoms with Crippen LogP contribution in [0.25, 0.3) is 26.1 Å². The van der Waals surface area contributed by atoms with Gasteiger partial charge in [0.05, 0.1) is 17.2 Å². The second-order valence-electron chi connectivity index (χ2n) is 6.52. The van der Waals surface area contributed by atoms with E-state index in [1.165, 1.54) is 10.9 Å². The molecule has 132 valence electrons. The minimum Gasteiger partial charge on any atom is -0.310 e. The second kappa shape index (κ2) is 6.17. The molecule has 0 saturated carbocycles. The van der Waals surface area contributed by atoms with Crippen molar-refractivity contribution >= 4 is 49.4 Å². The van der Waals surface area contributed by atoms with E-state index in [9.17, 15) is 0 Å². The van der Waals surface area contributed by atoms with Crippen molar-refractivity contribution in [2.45, 2.75) is 13.8 Å². The molecule has 0 amide bonds. The van der Waals surface area contributed by atoms with Crippen LogP contribution in [0.2, 0.25) is 0 Å². The molecule has 0 aliphatic heterocycles. The summed E-state index contributed by atoms with van der Waals surface area (Å²) in [5.74, 6) is 0.737. The first-order chi connectivity index (χ1) is 13.2. The SMILES string of the molecule is Cc1cc(C)c2c(n1)sc1nc(N/N=C/c3ccccc3)c3cccn3c12. The Bertz CT molecular complexity index is 1310. The van der Waals surface area contributed by atoms with Crippen LogP contribution in [0.4, 0.5) is 5.82 Å². The Morgan fingerprint density at radius 2 is 1.89 bits per heavy atom. The molecule has 5 nitrogen and oxygen atoms in total. The molecule has 4 heterocycles. The van der Waals surface area contributed by atoms with E-state index in [0.29, 0.717) is 0 Å². The fourth-order valence-corrected chi connectivity index (χ4v) is 4.59. The average molecular weight is 371 g/mol. The Morgan fingerprint density at radius 1 is 1.04 bits per heavy atom. The van der Waals surface area contributed by atoms with Crippen molar-refractivity contribution in [3.63, 3.8) is 0 Å². The fourth-order valence-electron chi connectivity index (χ4n) is 3.43. The molecule has 0 unspecified atom stereocenters. The molecule has 0 atom stereocenters. The van der Waals surface area contributed by atoms with Gasteiger partial charge in [-0.25, -0.2) is 9.97 Å². The summed E-state index contributed by atoms with van der Waals surface area (Å²) in [5.41, 5.74) is 8.50. The lowest BCUT2D eigenvalue weighted by Crippen LogP contribution is -1.98. The number of rotatable bonds is 3. The molecule has 6 heteroatoms. The van der Waals surface area contributed by atoms with Crippen molar-refractivity contribution in [3.05, 3.63) is 71.5 Å². The zero-order valence-electron chi connectivity index (χ0n) is 15.0. The number of fused-ring (bicyclic) bond motifs is 5. The standard InChI is InChI=1S/C21H17N5S/c1-13-11-14(2)23-20-17(13)18-21(27-20)24-19(16-9-6-10-26(16)18)25-22-12-15-7-4-3-5-8-15/h3-12H,1-2H3,(H,24,25)/b22-12+. The van der Waals surface area contributed by atoms with Crippen molar-refractivity contribution in [1.82, 2.24) is 14.4 Å². The smallest absolute Gasteiger partial charge is 0.172 e. The van der Waals surface area contributed by atoms with Gasteiger partial charge >= 0.3 is 0 Å². The van der Waals surface area contributed by atoms with Gasteiger partial charge < -0.3 is 4.40 Å². The van der Waals surface area contributed by atoms with Crippen molar-refractivity contribution in [2.75, 3.05) is 5.43 Å². The van der Waals surface area contributed by atoms with Crippen molar-refractivity contribution in [3.8, 4) is 0 Å². The molecule has 0 fully saturated rings. The van der Waals surface area contributed by atoms with Gasteiger partial charge in [0.15, 0.2) is 5.82 Å². The Morgan fingerprint density at radius 3 is 2.74 bits per heavy atom. The normalized spacial score (nSPS) is 11.9. The number of aryl methyl sites for hydroxylation is 2. The monoisotopic (exact) mass is 371 g/mol. The quantitative estimate of drug-likeness (QED) is 0.352. The zero-order chi connectivity index (χ0) is 18.4. The number of nitrogens with one attached hydrogen (secondary N) is 1. The van der Waals surface area contributed by atoms with E-state index in [2.05, 4.69) is 34.1 Å². The first kappa shape index (κ1) is 16.0. The molecule has 27 heavy (non-hydrogen) atoms. The summed E-state index contributed by atoms with van der Waals surface area (Å²) >= 11 is 1.62. The van der Waals surface area contributed by atoms with Crippen LogP contribution in [0.1, 0.15) is 16.8 Å². The predicted molar refractivity (Wildman–Crippen MR) is 113 cm³/mol. The molecule has 0 radical (unpaired) electrons. The van der Waals surface area contributed by atoms with Gasteiger partial charge in [0, 0.05) is 17.3 Å². The molecule has 0 spiro atoms. The second-order valence-corrected chi connectivity index (χ2v) is 7.50. The molecule has 0 bridgehead atoms. The van der Waals surface area contributed by atoms with Crippen LogP contribution in [-0.4, -0.2) is 20.6 Å². The van der Waals surface area contributed by atoms with Crippen LogP contribution in [0.5, 0.6) is 0 Å². The largest absolute Gasteiger partial charge is 0.310 e. The summed E-state index contributed by atoms with van der Waals surface area (Å²) in [7, 11) is 0. The lowest BCUT2D eigenvalue weighted by atomic mass is 10.1. The highest BCUT2D eigenvalue weighted by Gasteiger charge is 2.16. The molecule has 0 saturated heterocycles. The summed E-state index contributed by atoms with van der Waals surface area (Å²) in [4.78, 5) is 11.5. The number of benzene rings is 1. The number of hydrogen-bond acceptors (Lipinski definition) is 5. The number of hydrazone groups is 1. The number of aromatic nitrogens is 3. The summed E-state index contributed by atoms with van der Waals surface area (Å²) in [5, 5.41) is 5.55. The van der Waals surface area contributed by atoms with E-state index in [4.69, 9.17) is 9.97 Å². The van der Waals surface area contributed by atoms with E-state index in [1.54, 1.807) is 17.6 Å². The van der Waals surface area contributed by atoms with E-state index >= 15 is 0 Å². The molecule has 5 aromatic rings. The predicted octanol–water partition coefficient (Wildman–Crippen LogP) is 5.16. The lowest BCUT2D eigenvalue weighted by Gasteiger charge is -2.06. The van der Waals surface area contributed by atoms with Gasteiger partial charge in [-0.15, -0.1) is 0 Å². The molecule has 0 aliphatic carbocycles. The number of nitrogens with zero attached hydrogens (tertiary/aromatic N) is 4. The van der Waals surface area contributed by atoms with Gasteiger partial charge in [-0.3, -0.25) is 5.43 Å². The van der Waals surface area contributed by atoms with Crippen LogP contribution in [0.15, 0.2) is 59.8 Å². The van der Waals surface area contributed by atoms with Crippen molar-refractivity contribution in [2.24, 2.45) is 5.10 Å². The Hall–Kier alpha value is -3.25. The van der Waals surface area contributed by atoms with Gasteiger partial charge in [0.2, 0.25) is 0 Å². The Balaban J connectivity index is 1.67. The van der Waals surface area contributed by atoms with Gasteiger partial charge in [-0.05, 0) is 43.2 Å². The van der Waals surface area contributed by atoms with Gasteiger partial charge in [0.25, 0.3) is 0 Å². The molecular formula is C21H17N5S. The van der Waals surface area contributed by atoms with Crippen molar-refractivity contribution in [1.29, 1.82) is 0 Å². The molecular weight excluding hydrogens is 354 g/mol. The van der Waals surface area contributed by atoms with E-state index in [0.717, 1.165) is 37.8 Å². The van der Waals surface area contributed by atoms with Gasteiger partial charge in [-0.2, -0.15) is 5.10 Å². The Labute approximate surface area is 160 Å². The number of hydrogen-bond donors (Lipinski definition) is 1. The lowest BCUT2D eigenvalue weighted by molar-refractivity contribution is 1.20. The van der Waals surface area contributed by atoms with E-state index < -0.39 is 0 Å². The van der Waals surface area contributed by atoms with Crippen LogP contribution >= 0.6 is 11.3 Å². The van der Waals surface area contributed by atoms with Crippen LogP contribution in [0.3, 0.4) is 0 Å². The highest BCUT2D eigenvalue weighted by Crippen LogP contribution is 2.36. The highest BCUT2D eigenvalue weighted by atomic mass is 32.1. The molecule has 1 aromatic carbocycles. The van der Waals surface area contributed by atoms with E-state index in [1.807, 2.05) is 49.4 Å². The van der Waals surface area contributed by atoms with Gasteiger partial charge in [-0.1, -0.05) is 41.7 Å². The number of anilines is 1. The fraction of sp³-hybridized carbons (Fsp3) is 0.0952. The topological polar surface area (TPSA) is 54.6 Å². The maximum atomic E-state index is 4.85. The van der Waals surface area contributed by atoms with Crippen LogP contribution in [0, 0.1) is 13.8 Å². The maximum Gasteiger partial charge on any atom is 0.172 e. The van der Waals surface area contributed by atoms with Crippen molar-refractivity contribution < 1.29 is 0 Å². The molecule has 4 aromatic heterocycles. The van der Waals surface area contributed by atoms with Gasteiger partial charge in [0.1, 0.15) is 9.66 Å². The number of thiophene rings is 1. The highest BCUT2D eigenvalue weighted by molar-refractivity contribution is 7.25. The van der Waals surface area contributed by atoms with E-state index in [-0.39, 0.29) is 0 Å². The molecule has 1 N–H and O–H groups in total. The molecule has 0 aliphatic rings. The summed E-state index contributed by atoms with van der Waals surface area (Å²) < 4.78 is 2.17. The summed E-state index contributed by atoms with van der Waals surface area (Å²) in [6.45, 7) is 4.16. The first-order valence-electron chi connectivity index (χ1n) is 8.72. The van der Waals surface area contributed by atoms with Crippen LogP contribution < -0.4 is 5.43 Å². The third-order valence-electron chi connectivity index (χ3n) is 4.57. The summed E-state index contributed by atoms with van der Waals surface area (Å²) in [6.07, 6.45) is 3.86. The average Bonchev–Trinajstić information content (AvgIpc) is 3.26. The Kier molecular flexibility index (Phi) is 3.65. The van der Waals surface area contributed by atoms with Crippen LogP contribution in [-0.2, 0) is 0 Å². The maximum absolute atomic E-state index is 4.85.